The van der Waals surface area contributed by atoms with Gasteiger partial charge < -0.3 is 10.6 Å². The van der Waals surface area contributed by atoms with Crippen molar-refractivity contribution in [1.29, 1.82) is 0 Å². The molecule has 0 spiro atoms. The highest BCUT2D eigenvalue weighted by atomic mass is 19.4. The summed E-state index contributed by atoms with van der Waals surface area (Å²) in [6.07, 6.45) is -4.64. The Kier molecular flexibility index (Phi) is 5.43. The van der Waals surface area contributed by atoms with Crippen molar-refractivity contribution >= 4 is 23.9 Å². The minimum absolute atomic E-state index is 0.497. The molecule has 11 heteroatoms. The molecule has 1 fully saturated rings. The van der Waals surface area contributed by atoms with Crippen LogP contribution in [0.4, 0.5) is 22.8 Å². The quantitative estimate of drug-likeness (QED) is 0.675. The van der Waals surface area contributed by atoms with Crippen LogP contribution in [0.2, 0.25) is 0 Å². The lowest BCUT2D eigenvalue weighted by Gasteiger charge is -2.22. The second-order valence-corrected chi connectivity index (χ2v) is 6.16. The Morgan fingerprint density at radius 2 is 1.78 bits per heavy atom. The van der Waals surface area contributed by atoms with E-state index in [1.165, 1.54) is 12.2 Å². The van der Waals surface area contributed by atoms with Gasteiger partial charge in [0.2, 0.25) is 5.91 Å². The van der Waals surface area contributed by atoms with Crippen molar-refractivity contribution in [2.45, 2.75) is 25.6 Å². The Morgan fingerprint density at radius 1 is 1.19 bits per heavy atom. The van der Waals surface area contributed by atoms with E-state index in [-0.39, 0.29) is 0 Å². The number of hydrogen-bond acceptors (Lipinski definition) is 4. The maximum absolute atomic E-state index is 12.6. The van der Waals surface area contributed by atoms with Gasteiger partial charge in [-0.05, 0) is 19.4 Å². The zero-order chi connectivity index (χ0) is 20.4. The molecule has 1 atom stereocenters. The van der Waals surface area contributed by atoms with Gasteiger partial charge in [0, 0.05) is 0 Å². The SMILES string of the molecule is Cc1ccc(C2(C)NC(=O)N(CC(=O)NC(=O)NCC(F)(F)F)C2=O)cc1. The summed E-state index contributed by atoms with van der Waals surface area (Å²) in [6, 6.07) is 4.57. The van der Waals surface area contributed by atoms with Crippen molar-refractivity contribution in [3.8, 4) is 0 Å². The molecule has 0 saturated carbocycles. The maximum Gasteiger partial charge on any atom is 0.405 e. The number of amides is 6. The van der Waals surface area contributed by atoms with E-state index in [9.17, 15) is 32.3 Å². The number of aryl methyl sites for hydroxylation is 1. The van der Waals surface area contributed by atoms with Crippen LogP contribution in [0.5, 0.6) is 0 Å². The molecule has 0 aliphatic carbocycles. The van der Waals surface area contributed by atoms with Gasteiger partial charge in [-0.25, -0.2) is 9.59 Å². The summed E-state index contributed by atoms with van der Waals surface area (Å²) in [6.45, 7) is 0.875. The molecule has 146 valence electrons. The molecule has 1 aliphatic rings. The Balaban J connectivity index is 2.01. The fourth-order valence-corrected chi connectivity index (χ4v) is 2.46. The summed E-state index contributed by atoms with van der Waals surface area (Å²) in [5, 5.41) is 5.56. The van der Waals surface area contributed by atoms with E-state index in [0.717, 1.165) is 5.56 Å². The standard InChI is InChI=1S/C16H17F3N4O4/c1-9-3-5-10(6-4-9)15(2)12(25)23(14(27)22-15)7-11(24)21-13(26)20-8-16(17,18)19/h3-6H,7-8H2,1-2H3,(H,22,27)(H2,20,21,24,26). The predicted octanol–water partition coefficient (Wildman–Crippen LogP) is 1.15. The van der Waals surface area contributed by atoms with Crippen molar-refractivity contribution in [3.05, 3.63) is 35.4 Å². The van der Waals surface area contributed by atoms with Gasteiger partial charge in [-0.3, -0.25) is 19.8 Å². The van der Waals surface area contributed by atoms with E-state index < -0.39 is 48.7 Å². The fourth-order valence-electron chi connectivity index (χ4n) is 2.46. The van der Waals surface area contributed by atoms with E-state index in [4.69, 9.17) is 0 Å². The van der Waals surface area contributed by atoms with Crippen LogP contribution in [-0.4, -0.2) is 48.0 Å². The van der Waals surface area contributed by atoms with Crippen LogP contribution in [0, 0.1) is 6.92 Å². The molecular weight excluding hydrogens is 369 g/mol. The van der Waals surface area contributed by atoms with Gasteiger partial charge in [-0.2, -0.15) is 13.2 Å². The first-order valence-electron chi connectivity index (χ1n) is 7.78. The van der Waals surface area contributed by atoms with E-state index in [1.54, 1.807) is 29.6 Å². The average Bonchev–Trinajstić information content (AvgIpc) is 2.77. The minimum Gasteiger partial charge on any atom is -0.329 e. The Labute approximate surface area is 152 Å². The normalized spacial score (nSPS) is 19.7. The molecule has 1 aromatic carbocycles. The third kappa shape index (κ3) is 4.74. The van der Waals surface area contributed by atoms with Crippen LogP contribution >= 0.6 is 0 Å². The summed E-state index contributed by atoms with van der Waals surface area (Å²) >= 11 is 0. The van der Waals surface area contributed by atoms with Crippen LogP contribution in [0.15, 0.2) is 24.3 Å². The summed E-state index contributed by atoms with van der Waals surface area (Å²) in [7, 11) is 0. The lowest BCUT2D eigenvalue weighted by molar-refractivity contribution is -0.134. The Bertz CT molecular complexity index is 779. The monoisotopic (exact) mass is 386 g/mol. The van der Waals surface area contributed by atoms with Crippen molar-refractivity contribution < 1.29 is 32.3 Å². The van der Waals surface area contributed by atoms with Crippen LogP contribution in [0.1, 0.15) is 18.1 Å². The summed E-state index contributed by atoms with van der Waals surface area (Å²) in [5.41, 5.74) is 0.0429. The van der Waals surface area contributed by atoms with E-state index in [0.29, 0.717) is 10.5 Å². The number of nitrogens with zero attached hydrogens (tertiary/aromatic N) is 1. The lowest BCUT2D eigenvalue weighted by atomic mass is 9.91. The van der Waals surface area contributed by atoms with Crippen LogP contribution < -0.4 is 16.0 Å². The molecule has 1 unspecified atom stereocenters. The highest BCUT2D eigenvalue weighted by Gasteiger charge is 2.49. The smallest absolute Gasteiger partial charge is 0.329 e. The molecule has 27 heavy (non-hydrogen) atoms. The number of nitrogens with one attached hydrogen (secondary N) is 3. The third-order valence-corrected chi connectivity index (χ3v) is 3.91. The van der Waals surface area contributed by atoms with Crippen molar-refractivity contribution in [2.24, 2.45) is 0 Å². The van der Waals surface area contributed by atoms with Crippen molar-refractivity contribution in [3.63, 3.8) is 0 Å². The van der Waals surface area contributed by atoms with E-state index in [1.807, 2.05) is 6.92 Å². The average molecular weight is 386 g/mol. The topological polar surface area (TPSA) is 108 Å². The molecule has 8 nitrogen and oxygen atoms in total. The second kappa shape index (κ2) is 7.25. The first kappa shape index (κ1) is 20.2. The lowest BCUT2D eigenvalue weighted by Crippen LogP contribution is -2.48. The number of alkyl halides is 3. The van der Waals surface area contributed by atoms with E-state index >= 15 is 0 Å². The molecule has 0 bridgehead atoms. The van der Waals surface area contributed by atoms with Gasteiger partial charge in [0.1, 0.15) is 18.6 Å². The number of rotatable bonds is 4. The predicted molar refractivity (Wildman–Crippen MR) is 86.4 cm³/mol. The number of imide groups is 2. The summed E-state index contributed by atoms with van der Waals surface area (Å²) < 4.78 is 36.1. The van der Waals surface area contributed by atoms with Gasteiger partial charge in [-0.15, -0.1) is 0 Å². The van der Waals surface area contributed by atoms with Crippen molar-refractivity contribution in [2.75, 3.05) is 13.1 Å². The summed E-state index contributed by atoms with van der Waals surface area (Å²) in [4.78, 5) is 48.3. The molecule has 0 aromatic heterocycles. The second-order valence-electron chi connectivity index (χ2n) is 6.16. The third-order valence-electron chi connectivity index (χ3n) is 3.91. The maximum atomic E-state index is 12.6. The highest BCUT2D eigenvalue weighted by molar-refractivity contribution is 6.10. The van der Waals surface area contributed by atoms with Crippen LogP contribution in [-0.2, 0) is 15.1 Å². The number of benzene rings is 1. The minimum atomic E-state index is -4.64. The first-order valence-corrected chi connectivity index (χ1v) is 7.78. The molecule has 3 N–H and O–H groups in total. The van der Waals surface area contributed by atoms with Crippen molar-refractivity contribution in [1.82, 2.24) is 20.9 Å². The number of carbonyl (C=O) groups is 4. The molecule has 2 rings (SSSR count). The number of carbonyl (C=O) groups excluding carboxylic acids is 4. The summed E-state index contributed by atoms with van der Waals surface area (Å²) in [5.74, 6) is -1.83. The van der Waals surface area contributed by atoms with Crippen LogP contribution in [0.25, 0.3) is 0 Å². The number of hydrogen-bond donors (Lipinski definition) is 3. The van der Waals surface area contributed by atoms with Gasteiger partial charge in [0.15, 0.2) is 0 Å². The molecule has 6 amide bonds. The largest absolute Gasteiger partial charge is 0.405 e. The molecule has 1 aliphatic heterocycles. The zero-order valence-electron chi connectivity index (χ0n) is 14.4. The molecule has 1 aromatic rings. The molecule has 1 saturated heterocycles. The zero-order valence-corrected chi connectivity index (χ0v) is 14.4. The van der Waals surface area contributed by atoms with Gasteiger partial charge in [0.05, 0.1) is 0 Å². The Hall–Kier alpha value is -3.11. The molecular formula is C16H17F3N4O4. The van der Waals surface area contributed by atoms with Gasteiger partial charge in [0.25, 0.3) is 5.91 Å². The first-order chi connectivity index (χ1) is 12.4. The molecule has 1 heterocycles. The van der Waals surface area contributed by atoms with E-state index in [2.05, 4.69) is 5.32 Å². The van der Waals surface area contributed by atoms with Gasteiger partial charge in [-0.1, -0.05) is 29.8 Å². The highest BCUT2D eigenvalue weighted by Crippen LogP contribution is 2.28. The molecule has 0 radical (unpaired) electrons. The number of halogens is 3. The van der Waals surface area contributed by atoms with Crippen LogP contribution in [0.3, 0.4) is 0 Å². The Morgan fingerprint density at radius 3 is 2.33 bits per heavy atom. The van der Waals surface area contributed by atoms with Gasteiger partial charge >= 0.3 is 18.2 Å². The number of urea groups is 2. The fraction of sp³-hybridized carbons (Fsp3) is 0.375.